The number of hydrogen-bond donors (Lipinski definition) is 1. The fourth-order valence-corrected chi connectivity index (χ4v) is 3.58. The van der Waals surface area contributed by atoms with Crippen LogP contribution in [0.15, 0.2) is 39.4 Å². The molecule has 1 fully saturated rings. The smallest absolute Gasteiger partial charge is 0.223 e. The predicted octanol–water partition coefficient (Wildman–Crippen LogP) is 3.10. The van der Waals surface area contributed by atoms with Gasteiger partial charge in [-0.15, -0.1) is 0 Å². The topological polar surface area (TPSA) is 58.4 Å². The van der Waals surface area contributed by atoms with Gasteiger partial charge in [0.05, 0.1) is 6.20 Å². The molecule has 1 N–H and O–H groups in total. The van der Waals surface area contributed by atoms with E-state index in [4.69, 9.17) is 4.42 Å². The SMILES string of the molecule is CNCC1CCN(C(=O)CCc2ncc(-c3ccccc3Br)o2)C1. The van der Waals surface area contributed by atoms with E-state index in [0.29, 0.717) is 24.7 Å². The summed E-state index contributed by atoms with van der Waals surface area (Å²) in [6.45, 7) is 2.69. The standard InChI is InChI=1S/C18H22BrN3O2/c1-20-10-13-8-9-22(12-13)18(23)7-6-17-21-11-16(24-17)14-4-2-3-5-15(14)19/h2-5,11,13,20H,6-10,12H2,1H3. The summed E-state index contributed by atoms with van der Waals surface area (Å²) < 4.78 is 6.77. The Bertz CT molecular complexity index is 701. The first-order chi connectivity index (χ1) is 11.7. The molecule has 0 bridgehead atoms. The Kier molecular flexibility index (Phi) is 5.68. The van der Waals surface area contributed by atoms with Gasteiger partial charge in [0.25, 0.3) is 0 Å². The van der Waals surface area contributed by atoms with Crippen LogP contribution in [0.25, 0.3) is 11.3 Å². The van der Waals surface area contributed by atoms with Gasteiger partial charge in [-0.1, -0.05) is 34.1 Å². The molecule has 1 aliphatic heterocycles. The molecule has 1 amide bonds. The molecule has 1 aliphatic rings. The Labute approximate surface area is 150 Å². The number of nitrogens with one attached hydrogen (secondary N) is 1. The van der Waals surface area contributed by atoms with Gasteiger partial charge in [-0.25, -0.2) is 4.98 Å². The van der Waals surface area contributed by atoms with Crippen molar-refractivity contribution in [2.24, 2.45) is 5.92 Å². The van der Waals surface area contributed by atoms with E-state index in [-0.39, 0.29) is 5.91 Å². The molecular weight excluding hydrogens is 370 g/mol. The average molecular weight is 392 g/mol. The molecule has 1 atom stereocenters. The van der Waals surface area contributed by atoms with Crippen LogP contribution in [-0.2, 0) is 11.2 Å². The van der Waals surface area contributed by atoms with E-state index in [1.165, 1.54) is 0 Å². The molecular formula is C18H22BrN3O2. The van der Waals surface area contributed by atoms with Gasteiger partial charge in [0.1, 0.15) is 0 Å². The van der Waals surface area contributed by atoms with Gasteiger partial charge in [0.2, 0.25) is 5.91 Å². The number of benzene rings is 1. The van der Waals surface area contributed by atoms with E-state index in [1.807, 2.05) is 36.2 Å². The molecule has 0 saturated carbocycles. The van der Waals surface area contributed by atoms with Crippen LogP contribution in [0.5, 0.6) is 0 Å². The van der Waals surface area contributed by atoms with Crippen molar-refractivity contribution >= 4 is 21.8 Å². The number of amides is 1. The number of carbonyl (C=O) groups is 1. The van der Waals surface area contributed by atoms with Crippen LogP contribution in [0.4, 0.5) is 0 Å². The van der Waals surface area contributed by atoms with E-state index >= 15 is 0 Å². The minimum Gasteiger partial charge on any atom is -0.441 e. The second-order valence-corrected chi connectivity index (χ2v) is 7.00. The highest BCUT2D eigenvalue weighted by Crippen LogP contribution is 2.28. The van der Waals surface area contributed by atoms with Gasteiger partial charge in [0, 0.05) is 36.0 Å². The maximum atomic E-state index is 12.3. The van der Waals surface area contributed by atoms with Gasteiger partial charge < -0.3 is 14.6 Å². The Morgan fingerprint density at radius 3 is 3.08 bits per heavy atom. The third-order valence-corrected chi connectivity index (χ3v) is 5.07. The van der Waals surface area contributed by atoms with E-state index in [0.717, 1.165) is 41.9 Å². The van der Waals surface area contributed by atoms with Crippen LogP contribution in [-0.4, -0.2) is 42.5 Å². The quantitative estimate of drug-likeness (QED) is 0.821. The molecule has 3 rings (SSSR count). The third-order valence-electron chi connectivity index (χ3n) is 4.38. The largest absolute Gasteiger partial charge is 0.441 e. The fourth-order valence-electron chi connectivity index (χ4n) is 3.10. The number of aromatic nitrogens is 1. The second kappa shape index (κ2) is 7.94. The number of carbonyl (C=O) groups excluding carboxylic acids is 1. The first-order valence-electron chi connectivity index (χ1n) is 8.29. The van der Waals surface area contributed by atoms with Crippen molar-refractivity contribution in [3.63, 3.8) is 0 Å². The number of aryl methyl sites for hydroxylation is 1. The van der Waals surface area contributed by atoms with E-state index in [9.17, 15) is 4.79 Å². The lowest BCUT2D eigenvalue weighted by atomic mass is 10.1. The molecule has 5 nitrogen and oxygen atoms in total. The normalized spacial score (nSPS) is 17.4. The van der Waals surface area contributed by atoms with Crippen LogP contribution >= 0.6 is 15.9 Å². The van der Waals surface area contributed by atoms with Crippen molar-refractivity contribution in [3.8, 4) is 11.3 Å². The van der Waals surface area contributed by atoms with Crippen LogP contribution in [0.2, 0.25) is 0 Å². The van der Waals surface area contributed by atoms with Crippen molar-refractivity contribution in [1.29, 1.82) is 0 Å². The lowest BCUT2D eigenvalue weighted by Gasteiger charge is -2.16. The molecule has 1 saturated heterocycles. The molecule has 128 valence electrons. The monoisotopic (exact) mass is 391 g/mol. The molecule has 2 heterocycles. The summed E-state index contributed by atoms with van der Waals surface area (Å²) in [4.78, 5) is 18.6. The number of nitrogens with zero attached hydrogens (tertiary/aromatic N) is 2. The van der Waals surface area contributed by atoms with Crippen LogP contribution in [0.3, 0.4) is 0 Å². The first kappa shape index (κ1) is 17.2. The molecule has 6 heteroatoms. The molecule has 0 radical (unpaired) electrons. The minimum atomic E-state index is 0.189. The molecule has 0 spiro atoms. The lowest BCUT2D eigenvalue weighted by molar-refractivity contribution is -0.130. The van der Waals surface area contributed by atoms with E-state index in [1.54, 1.807) is 6.20 Å². The van der Waals surface area contributed by atoms with Crippen molar-refractivity contribution < 1.29 is 9.21 Å². The third kappa shape index (κ3) is 4.05. The van der Waals surface area contributed by atoms with Crippen LogP contribution in [0, 0.1) is 5.92 Å². The Morgan fingerprint density at radius 1 is 1.46 bits per heavy atom. The van der Waals surface area contributed by atoms with E-state index in [2.05, 4.69) is 26.2 Å². The molecule has 1 unspecified atom stereocenters. The minimum absolute atomic E-state index is 0.189. The Hall–Kier alpha value is -1.66. The molecule has 1 aromatic carbocycles. The highest BCUT2D eigenvalue weighted by Gasteiger charge is 2.25. The maximum Gasteiger partial charge on any atom is 0.223 e. The van der Waals surface area contributed by atoms with Gasteiger partial charge >= 0.3 is 0 Å². The Morgan fingerprint density at radius 2 is 2.29 bits per heavy atom. The first-order valence-corrected chi connectivity index (χ1v) is 9.08. The van der Waals surface area contributed by atoms with Crippen molar-refractivity contribution in [3.05, 3.63) is 40.8 Å². The maximum absolute atomic E-state index is 12.3. The zero-order valence-electron chi connectivity index (χ0n) is 13.8. The van der Waals surface area contributed by atoms with Crippen molar-refractivity contribution in [2.75, 3.05) is 26.7 Å². The van der Waals surface area contributed by atoms with E-state index < -0.39 is 0 Å². The number of halogens is 1. The predicted molar refractivity (Wildman–Crippen MR) is 96.6 cm³/mol. The van der Waals surface area contributed by atoms with Crippen molar-refractivity contribution in [2.45, 2.75) is 19.3 Å². The molecule has 0 aliphatic carbocycles. The van der Waals surface area contributed by atoms with Gasteiger partial charge in [-0.2, -0.15) is 0 Å². The second-order valence-electron chi connectivity index (χ2n) is 6.15. The number of likely N-dealkylation sites (tertiary alicyclic amines) is 1. The number of hydrogen-bond acceptors (Lipinski definition) is 4. The lowest BCUT2D eigenvalue weighted by Crippen LogP contribution is -2.30. The van der Waals surface area contributed by atoms with Crippen LogP contribution in [0.1, 0.15) is 18.7 Å². The highest BCUT2D eigenvalue weighted by atomic mass is 79.9. The molecule has 2 aromatic rings. The summed E-state index contributed by atoms with van der Waals surface area (Å²) in [6, 6.07) is 7.86. The van der Waals surface area contributed by atoms with Gasteiger partial charge in [0.15, 0.2) is 11.7 Å². The van der Waals surface area contributed by atoms with Gasteiger partial charge in [-0.3, -0.25) is 4.79 Å². The van der Waals surface area contributed by atoms with Crippen LogP contribution < -0.4 is 5.32 Å². The van der Waals surface area contributed by atoms with Crippen molar-refractivity contribution in [1.82, 2.24) is 15.2 Å². The van der Waals surface area contributed by atoms with Gasteiger partial charge in [-0.05, 0) is 32.0 Å². The molecule has 1 aromatic heterocycles. The fraction of sp³-hybridized carbons (Fsp3) is 0.444. The summed E-state index contributed by atoms with van der Waals surface area (Å²) in [6.07, 6.45) is 3.79. The summed E-state index contributed by atoms with van der Waals surface area (Å²) in [5, 5.41) is 3.18. The zero-order chi connectivity index (χ0) is 16.9. The Balaban J connectivity index is 1.54. The molecule has 24 heavy (non-hydrogen) atoms. The number of oxazole rings is 1. The average Bonchev–Trinajstić information content (AvgIpc) is 3.23. The zero-order valence-corrected chi connectivity index (χ0v) is 15.4. The summed E-state index contributed by atoms with van der Waals surface area (Å²) in [5.41, 5.74) is 0.969. The summed E-state index contributed by atoms with van der Waals surface area (Å²) in [5.74, 6) is 2.09. The summed E-state index contributed by atoms with van der Waals surface area (Å²) >= 11 is 3.51. The number of rotatable bonds is 6. The highest BCUT2D eigenvalue weighted by molar-refractivity contribution is 9.10. The summed E-state index contributed by atoms with van der Waals surface area (Å²) in [7, 11) is 1.95.